The lowest BCUT2D eigenvalue weighted by Gasteiger charge is -2.39. The van der Waals surface area contributed by atoms with E-state index in [9.17, 15) is 18.0 Å². The molecule has 3 rings (SSSR count). The number of halogens is 3. The van der Waals surface area contributed by atoms with Gasteiger partial charge in [-0.05, 0) is 51.2 Å². The first-order valence-electron chi connectivity index (χ1n) is 9.63. The molecule has 0 atom stereocenters. The maximum absolute atomic E-state index is 13.4. The van der Waals surface area contributed by atoms with Crippen LogP contribution in [-0.2, 0) is 6.18 Å². The van der Waals surface area contributed by atoms with Gasteiger partial charge in [0, 0.05) is 29.9 Å². The van der Waals surface area contributed by atoms with E-state index in [1.807, 2.05) is 27.7 Å². The van der Waals surface area contributed by atoms with Gasteiger partial charge in [0.25, 0.3) is 5.56 Å². The first-order chi connectivity index (χ1) is 13.6. The largest absolute Gasteiger partial charge is 0.483 e. The van der Waals surface area contributed by atoms with Gasteiger partial charge in [-0.2, -0.15) is 13.2 Å². The molecule has 0 saturated heterocycles. The van der Waals surface area contributed by atoms with Crippen LogP contribution < -0.4 is 10.3 Å². The number of hydrogen-bond donors (Lipinski definition) is 0. The summed E-state index contributed by atoms with van der Waals surface area (Å²) < 4.78 is 47.7. The molecule has 0 amide bonds. The Morgan fingerprint density at radius 1 is 1.10 bits per heavy atom. The highest BCUT2D eigenvalue weighted by Gasteiger charge is 2.39. The van der Waals surface area contributed by atoms with Gasteiger partial charge in [-0.3, -0.25) is 14.3 Å². The van der Waals surface area contributed by atoms with Crippen LogP contribution in [0.25, 0.3) is 5.70 Å². The molecule has 2 aromatic rings. The Hall–Kier alpha value is -2.54. The summed E-state index contributed by atoms with van der Waals surface area (Å²) >= 11 is 0. The smallest absolute Gasteiger partial charge is 0.416 e. The molecule has 156 valence electrons. The van der Waals surface area contributed by atoms with Gasteiger partial charge in [-0.15, -0.1) is 0 Å². The Balaban J connectivity index is 2.35. The number of rotatable bonds is 5. The fraction of sp³-hybridized carbons (Fsp3) is 0.409. The van der Waals surface area contributed by atoms with Crippen molar-refractivity contribution in [3.63, 3.8) is 0 Å². The summed E-state index contributed by atoms with van der Waals surface area (Å²) in [6.07, 6.45) is -2.90. The molecule has 1 aliphatic rings. The Kier molecular flexibility index (Phi) is 5.63. The van der Waals surface area contributed by atoms with E-state index in [1.54, 1.807) is 18.3 Å². The van der Waals surface area contributed by atoms with E-state index in [0.717, 1.165) is 30.8 Å². The van der Waals surface area contributed by atoms with E-state index in [2.05, 4.69) is 4.90 Å². The fourth-order valence-electron chi connectivity index (χ4n) is 3.59. The second-order valence-corrected chi connectivity index (χ2v) is 7.52. The number of fused-ring (bicyclic) bond motifs is 1. The van der Waals surface area contributed by atoms with Gasteiger partial charge in [0.2, 0.25) is 0 Å². The van der Waals surface area contributed by atoms with Crippen LogP contribution in [0.4, 0.5) is 13.2 Å². The molecule has 0 N–H and O–H groups in total. The molecule has 29 heavy (non-hydrogen) atoms. The first kappa shape index (κ1) is 21.2. The molecule has 0 saturated carbocycles. The van der Waals surface area contributed by atoms with E-state index in [4.69, 9.17) is 4.74 Å². The number of pyridine rings is 1. The molecule has 0 fully saturated rings. The first-order valence-corrected chi connectivity index (χ1v) is 9.63. The molecule has 7 heteroatoms. The molecule has 1 aromatic heterocycles. The van der Waals surface area contributed by atoms with E-state index >= 15 is 0 Å². The number of aromatic nitrogens is 1. The summed E-state index contributed by atoms with van der Waals surface area (Å²) in [5.41, 5.74) is -0.375. The average molecular weight is 406 g/mol. The highest BCUT2D eigenvalue weighted by molar-refractivity contribution is 5.77. The van der Waals surface area contributed by atoms with Crippen molar-refractivity contribution >= 4 is 5.70 Å². The zero-order chi connectivity index (χ0) is 21.4. The van der Waals surface area contributed by atoms with Crippen molar-refractivity contribution in [2.24, 2.45) is 0 Å². The van der Waals surface area contributed by atoms with Crippen molar-refractivity contribution in [2.45, 2.75) is 39.5 Å². The summed E-state index contributed by atoms with van der Waals surface area (Å²) in [5, 5.41) is 0. The van der Waals surface area contributed by atoms with Crippen molar-refractivity contribution in [1.82, 2.24) is 9.47 Å². The molecule has 0 radical (unpaired) electrons. The maximum atomic E-state index is 13.4. The van der Waals surface area contributed by atoms with Gasteiger partial charge in [-0.1, -0.05) is 19.9 Å². The van der Waals surface area contributed by atoms with E-state index in [0.29, 0.717) is 18.0 Å². The minimum atomic E-state index is -4.49. The van der Waals surface area contributed by atoms with Crippen LogP contribution in [-0.4, -0.2) is 34.7 Å². The molecule has 2 heterocycles. The third-order valence-electron chi connectivity index (χ3n) is 5.28. The predicted octanol–water partition coefficient (Wildman–Crippen LogP) is 4.64. The zero-order valence-electron chi connectivity index (χ0n) is 17.0. The maximum Gasteiger partial charge on any atom is 0.416 e. The molecule has 0 bridgehead atoms. The average Bonchev–Trinajstić information content (AvgIpc) is 2.65. The number of alkyl halides is 3. The summed E-state index contributed by atoms with van der Waals surface area (Å²) in [4.78, 5) is 14.8. The number of ether oxygens (including phenoxy) is 1. The van der Waals surface area contributed by atoms with Crippen molar-refractivity contribution in [2.75, 3.05) is 19.6 Å². The molecular weight excluding hydrogens is 381 g/mol. The third-order valence-corrected chi connectivity index (χ3v) is 5.28. The highest BCUT2D eigenvalue weighted by Crippen LogP contribution is 2.43. The number of benzene rings is 1. The topological polar surface area (TPSA) is 34.5 Å². The number of nitrogens with zero attached hydrogens (tertiary/aromatic N) is 2. The van der Waals surface area contributed by atoms with Crippen molar-refractivity contribution in [3.8, 4) is 5.75 Å². The minimum Gasteiger partial charge on any atom is -0.483 e. The molecular formula is C22H25F3N2O2. The second kappa shape index (κ2) is 7.71. The van der Waals surface area contributed by atoms with E-state index in [1.165, 1.54) is 16.7 Å². The van der Waals surface area contributed by atoms with Crippen LogP contribution in [0.15, 0.2) is 53.0 Å². The summed E-state index contributed by atoms with van der Waals surface area (Å²) in [5.74, 6) is 0.331. The number of likely N-dealkylation sites (N-methyl/N-ethyl adjacent to an activating group) is 1. The quantitative estimate of drug-likeness (QED) is 0.726. The highest BCUT2D eigenvalue weighted by atomic mass is 19.4. The summed E-state index contributed by atoms with van der Waals surface area (Å²) in [6, 6.07) is 8.12. The molecule has 1 aliphatic heterocycles. The second-order valence-electron chi connectivity index (χ2n) is 7.52. The molecule has 0 aliphatic carbocycles. The van der Waals surface area contributed by atoms with Gasteiger partial charge in [0.15, 0.2) is 0 Å². The Labute approximate surface area is 168 Å². The summed E-state index contributed by atoms with van der Waals surface area (Å²) in [7, 11) is 0. The minimum absolute atomic E-state index is 0.273. The van der Waals surface area contributed by atoms with Crippen LogP contribution in [0, 0.1) is 0 Å². The van der Waals surface area contributed by atoms with Gasteiger partial charge < -0.3 is 4.74 Å². The van der Waals surface area contributed by atoms with Crippen LogP contribution in [0.2, 0.25) is 0 Å². The van der Waals surface area contributed by atoms with Crippen LogP contribution in [0.1, 0.15) is 38.8 Å². The molecule has 0 unspecified atom stereocenters. The monoisotopic (exact) mass is 406 g/mol. The van der Waals surface area contributed by atoms with Gasteiger partial charge in [0.1, 0.15) is 11.4 Å². The van der Waals surface area contributed by atoms with Gasteiger partial charge >= 0.3 is 6.18 Å². The Morgan fingerprint density at radius 2 is 1.79 bits per heavy atom. The van der Waals surface area contributed by atoms with Crippen LogP contribution in [0.5, 0.6) is 5.75 Å². The Morgan fingerprint density at radius 3 is 2.38 bits per heavy atom. The number of hydrogen-bond acceptors (Lipinski definition) is 3. The van der Waals surface area contributed by atoms with E-state index in [-0.39, 0.29) is 11.1 Å². The van der Waals surface area contributed by atoms with Crippen LogP contribution >= 0.6 is 0 Å². The third kappa shape index (κ3) is 4.10. The zero-order valence-corrected chi connectivity index (χ0v) is 17.0. The van der Waals surface area contributed by atoms with Crippen molar-refractivity contribution in [1.29, 1.82) is 0 Å². The molecule has 4 nitrogen and oxygen atoms in total. The van der Waals surface area contributed by atoms with Crippen molar-refractivity contribution < 1.29 is 17.9 Å². The Bertz CT molecular complexity index is 986. The molecule has 1 aromatic carbocycles. The lowest BCUT2D eigenvalue weighted by Crippen LogP contribution is -2.42. The van der Waals surface area contributed by atoms with Crippen molar-refractivity contribution in [3.05, 3.63) is 69.6 Å². The van der Waals surface area contributed by atoms with Gasteiger partial charge in [-0.25, -0.2) is 0 Å². The fourth-order valence-corrected chi connectivity index (χ4v) is 3.59. The SMILES string of the molecule is CCN(CC)CC1=C(n2ccccc2=O)c2cc(C(F)(F)F)ccc2OC1(C)C. The lowest BCUT2D eigenvalue weighted by molar-refractivity contribution is -0.137. The normalized spacial score (nSPS) is 16.0. The molecule has 0 spiro atoms. The van der Waals surface area contributed by atoms with E-state index < -0.39 is 17.3 Å². The predicted molar refractivity (Wildman–Crippen MR) is 107 cm³/mol. The summed E-state index contributed by atoms with van der Waals surface area (Å²) in [6.45, 7) is 9.80. The lowest BCUT2D eigenvalue weighted by atomic mass is 9.88. The standard InChI is InChI=1S/C22H25F3N2O2/c1-5-26(6-2)14-17-20(27-12-8-7-9-19(27)28)16-13-15(22(23,24)25)10-11-18(16)29-21(17,3)4/h7-13H,5-6,14H2,1-4H3. The van der Waals surface area contributed by atoms with Crippen LogP contribution in [0.3, 0.4) is 0 Å². The van der Waals surface area contributed by atoms with Gasteiger partial charge in [0.05, 0.1) is 11.3 Å².